The van der Waals surface area contributed by atoms with E-state index in [1.165, 1.54) is 30.7 Å². The second kappa shape index (κ2) is 8.42. The molecule has 8 heteroatoms. The van der Waals surface area contributed by atoms with Gasteiger partial charge in [-0.05, 0) is 30.9 Å². The van der Waals surface area contributed by atoms with Gasteiger partial charge in [0, 0.05) is 18.1 Å². The number of primary amides is 1. The van der Waals surface area contributed by atoms with Crippen molar-refractivity contribution < 1.29 is 18.1 Å². The fraction of sp³-hybridized carbons (Fsp3) is 0.588. The number of rotatable bonds is 8. The number of benzene rings is 1. The molecule has 25 heavy (non-hydrogen) atoms. The Morgan fingerprint density at radius 3 is 2.32 bits per heavy atom. The van der Waals surface area contributed by atoms with Crippen molar-refractivity contribution in [3.8, 4) is 0 Å². The third kappa shape index (κ3) is 5.52. The van der Waals surface area contributed by atoms with E-state index in [1.54, 1.807) is 0 Å². The van der Waals surface area contributed by atoms with E-state index in [0.29, 0.717) is 12.3 Å². The van der Waals surface area contributed by atoms with Gasteiger partial charge in [0.1, 0.15) is 0 Å². The summed E-state index contributed by atoms with van der Waals surface area (Å²) in [4.78, 5) is 21.8. The number of amides is 1. The van der Waals surface area contributed by atoms with Crippen LogP contribution >= 0.6 is 0 Å². The molecule has 1 atom stereocenters. The number of nitrogens with two attached hydrogens (primary N) is 1. The van der Waals surface area contributed by atoms with Gasteiger partial charge in [-0.3, -0.25) is 14.9 Å². The summed E-state index contributed by atoms with van der Waals surface area (Å²) in [5, 5.41) is 10.6. The summed E-state index contributed by atoms with van der Waals surface area (Å²) in [7, 11) is -3.60. The van der Waals surface area contributed by atoms with Crippen molar-refractivity contribution in [3.63, 3.8) is 0 Å². The molecule has 1 aromatic rings. The number of carbonyl (C=O) groups is 1. The predicted molar refractivity (Wildman–Crippen MR) is 93.6 cm³/mol. The van der Waals surface area contributed by atoms with Crippen LogP contribution in [0, 0.1) is 22.0 Å². The molecule has 1 fully saturated rings. The molecule has 0 radical (unpaired) electrons. The van der Waals surface area contributed by atoms with Crippen LogP contribution in [0.3, 0.4) is 0 Å². The maximum absolute atomic E-state index is 12.4. The van der Waals surface area contributed by atoms with Gasteiger partial charge >= 0.3 is 0 Å². The Balaban J connectivity index is 1.99. The molecule has 1 aliphatic rings. The molecule has 0 spiro atoms. The number of hydrogen-bond acceptors (Lipinski definition) is 5. The molecule has 0 bridgehead atoms. The molecular formula is C17H24N2O5S. The first-order valence-electron chi connectivity index (χ1n) is 8.56. The Morgan fingerprint density at radius 1 is 1.20 bits per heavy atom. The fourth-order valence-corrected chi connectivity index (χ4v) is 4.77. The summed E-state index contributed by atoms with van der Waals surface area (Å²) in [6.45, 7) is 0. The van der Waals surface area contributed by atoms with E-state index in [0.717, 1.165) is 25.7 Å². The zero-order valence-electron chi connectivity index (χ0n) is 14.1. The number of nitro groups is 1. The van der Waals surface area contributed by atoms with E-state index < -0.39 is 26.6 Å². The van der Waals surface area contributed by atoms with Crippen molar-refractivity contribution in [3.05, 3.63) is 34.4 Å². The van der Waals surface area contributed by atoms with Crippen LogP contribution in [-0.2, 0) is 14.6 Å². The second-order valence-electron chi connectivity index (χ2n) is 6.70. The first-order valence-corrected chi connectivity index (χ1v) is 10.2. The van der Waals surface area contributed by atoms with Gasteiger partial charge in [-0.1, -0.05) is 32.1 Å². The lowest BCUT2D eigenvalue weighted by Gasteiger charge is -2.25. The summed E-state index contributed by atoms with van der Waals surface area (Å²) < 4.78 is 24.8. The Labute approximate surface area is 147 Å². The SMILES string of the molecule is NC(=O)C(CCS(=O)(=O)c1ccc([N+](=O)[O-])cc1)CC1CCCCC1. The van der Waals surface area contributed by atoms with Gasteiger partial charge in [0.05, 0.1) is 15.6 Å². The average molecular weight is 368 g/mol. The fourth-order valence-electron chi connectivity index (χ4n) is 3.39. The quantitative estimate of drug-likeness (QED) is 0.559. The minimum absolute atomic E-state index is 0.0268. The number of non-ortho nitro benzene ring substituents is 1. The van der Waals surface area contributed by atoms with E-state index in [2.05, 4.69) is 0 Å². The molecule has 7 nitrogen and oxygen atoms in total. The molecular weight excluding hydrogens is 344 g/mol. The zero-order chi connectivity index (χ0) is 18.4. The minimum Gasteiger partial charge on any atom is -0.369 e. The van der Waals surface area contributed by atoms with Crippen LogP contribution in [0.5, 0.6) is 0 Å². The maximum atomic E-state index is 12.4. The summed E-state index contributed by atoms with van der Waals surface area (Å²) >= 11 is 0. The standard InChI is InChI=1S/C17H24N2O5S/c18-17(20)14(12-13-4-2-1-3-5-13)10-11-25(23,24)16-8-6-15(7-9-16)19(21)22/h6-9,13-14H,1-5,10-12H2,(H2,18,20). The highest BCUT2D eigenvalue weighted by atomic mass is 32.2. The van der Waals surface area contributed by atoms with E-state index in [9.17, 15) is 23.3 Å². The normalized spacial score (nSPS) is 17.1. The van der Waals surface area contributed by atoms with Gasteiger partial charge in [-0.15, -0.1) is 0 Å². The second-order valence-corrected chi connectivity index (χ2v) is 8.81. The zero-order valence-corrected chi connectivity index (χ0v) is 14.9. The lowest BCUT2D eigenvalue weighted by molar-refractivity contribution is -0.384. The molecule has 2 N–H and O–H groups in total. The van der Waals surface area contributed by atoms with Crippen molar-refractivity contribution in [2.75, 3.05) is 5.75 Å². The van der Waals surface area contributed by atoms with Crippen molar-refractivity contribution in [1.29, 1.82) is 0 Å². The Morgan fingerprint density at radius 2 is 1.80 bits per heavy atom. The maximum Gasteiger partial charge on any atom is 0.269 e. The third-order valence-corrected chi connectivity index (χ3v) is 6.65. The monoisotopic (exact) mass is 368 g/mol. The largest absolute Gasteiger partial charge is 0.369 e. The van der Waals surface area contributed by atoms with Crippen LogP contribution in [-0.4, -0.2) is 25.0 Å². The van der Waals surface area contributed by atoms with Crippen LogP contribution < -0.4 is 5.73 Å². The van der Waals surface area contributed by atoms with E-state index in [-0.39, 0.29) is 22.8 Å². The van der Waals surface area contributed by atoms with Gasteiger partial charge < -0.3 is 5.73 Å². The van der Waals surface area contributed by atoms with Gasteiger partial charge in [-0.2, -0.15) is 0 Å². The molecule has 2 rings (SSSR count). The summed E-state index contributed by atoms with van der Waals surface area (Å²) in [6, 6.07) is 4.79. The summed E-state index contributed by atoms with van der Waals surface area (Å²) in [6.07, 6.45) is 6.48. The van der Waals surface area contributed by atoms with Crippen LogP contribution in [0.2, 0.25) is 0 Å². The highest BCUT2D eigenvalue weighted by molar-refractivity contribution is 7.91. The molecule has 0 heterocycles. The third-order valence-electron chi connectivity index (χ3n) is 4.89. The van der Waals surface area contributed by atoms with Crippen LogP contribution in [0.4, 0.5) is 5.69 Å². The van der Waals surface area contributed by atoms with Gasteiger partial charge in [0.25, 0.3) is 5.69 Å². The van der Waals surface area contributed by atoms with Crippen LogP contribution in [0.15, 0.2) is 29.2 Å². The highest BCUT2D eigenvalue weighted by Gasteiger charge is 2.25. The Bertz CT molecular complexity index is 709. The lowest BCUT2D eigenvalue weighted by atomic mass is 9.82. The number of nitrogens with zero attached hydrogens (tertiary/aromatic N) is 1. The van der Waals surface area contributed by atoms with Gasteiger partial charge in [0.15, 0.2) is 9.84 Å². The van der Waals surface area contributed by atoms with Crippen LogP contribution in [0.1, 0.15) is 44.9 Å². The number of carbonyl (C=O) groups excluding carboxylic acids is 1. The first-order chi connectivity index (χ1) is 11.8. The molecule has 0 aromatic heterocycles. The van der Waals surface area contributed by atoms with Gasteiger partial charge in [0.2, 0.25) is 5.91 Å². The summed E-state index contributed by atoms with van der Waals surface area (Å²) in [5.41, 5.74) is 5.31. The molecule has 1 aliphatic carbocycles. The van der Waals surface area contributed by atoms with Crippen molar-refractivity contribution in [2.45, 2.75) is 49.8 Å². The predicted octanol–water partition coefficient (Wildman–Crippen LogP) is 2.83. The molecule has 1 saturated carbocycles. The molecule has 1 amide bonds. The highest BCUT2D eigenvalue weighted by Crippen LogP contribution is 2.30. The number of hydrogen-bond donors (Lipinski definition) is 1. The van der Waals surface area contributed by atoms with E-state index in [1.807, 2.05) is 0 Å². The Kier molecular flexibility index (Phi) is 6.52. The van der Waals surface area contributed by atoms with E-state index in [4.69, 9.17) is 5.73 Å². The smallest absolute Gasteiger partial charge is 0.269 e. The molecule has 1 aromatic carbocycles. The molecule has 138 valence electrons. The lowest BCUT2D eigenvalue weighted by Crippen LogP contribution is -2.28. The van der Waals surface area contributed by atoms with Crippen molar-refractivity contribution >= 4 is 21.4 Å². The first kappa shape index (κ1) is 19.4. The van der Waals surface area contributed by atoms with Crippen molar-refractivity contribution in [1.82, 2.24) is 0 Å². The number of nitro benzene ring substituents is 1. The average Bonchev–Trinajstić information content (AvgIpc) is 2.59. The molecule has 1 unspecified atom stereocenters. The Hall–Kier alpha value is -1.96. The number of sulfone groups is 1. The van der Waals surface area contributed by atoms with E-state index >= 15 is 0 Å². The van der Waals surface area contributed by atoms with Crippen molar-refractivity contribution in [2.24, 2.45) is 17.6 Å². The molecule has 0 saturated heterocycles. The van der Waals surface area contributed by atoms with Gasteiger partial charge in [-0.25, -0.2) is 8.42 Å². The molecule has 0 aliphatic heterocycles. The summed E-state index contributed by atoms with van der Waals surface area (Å²) in [5.74, 6) is -0.653. The van der Waals surface area contributed by atoms with Crippen LogP contribution in [0.25, 0.3) is 0 Å². The minimum atomic E-state index is -3.60. The topological polar surface area (TPSA) is 120 Å².